The summed E-state index contributed by atoms with van der Waals surface area (Å²) in [7, 11) is 1.73. The third-order valence-electron chi connectivity index (χ3n) is 6.56. The molecule has 3 heteroatoms. The van der Waals surface area contributed by atoms with Crippen molar-refractivity contribution in [3.05, 3.63) is 41.0 Å². The Balaban J connectivity index is 1.64. The zero-order valence-electron chi connectivity index (χ0n) is 14.8. The van der Waals surface area contributed by atoms with E-state index in [-0.39, 0.29) is 17.5 Å². The van der Waals surface area contributed by atoms with Crippen LogP contribution in [0.25, 0.3) is 0 Å². The quantitative estimate of drug-likeness (QED) is 0.597. The van der Waals surface area contributed by atoms with Crippen molar-refractivity contribution in [2.45, 2.75) is 58.0 Å². The molecule has 0 bridgehead atoms. The van der Waals surface area contributed by atoms with E-state index in [1.165, 1.54) is 30.9 Å². The van der Waals surface area contributed by atoms with Gasteiger partial charge < -0.3 is 9.47 Å². The Morgan fingerprint density at radius 3 is 2.83 bits per heavy atom. The van der Waals surface area contributed by atoms with Crippen LogP contribution >= 0.6 is 0 Å². The zero-order chi connectivity index (χ0) is 16.9. The van der Waals surface area contributed by atoms with Gasteiger partial charge in [0.1, 0.15) is 11.9 Å². The monoisotopic (exact) mass is 326 g/mol. The van der Waals surface area contributed by atoms with Gasteiger partial charge in [0.25, 0.3) is 0 Å². The molecule has 3 aliphatic carbocycles. The van der Waals surface area contributed by atoms with Crippen molar-refractivity contribution in [3.8, 4) is 5.75 Å². The molecule has 1 aromatic rings. The van der Waals surface area contributed by atoms with E-state index in [0.29, 0.717) is 11.8 Å². The van der Waals surface area contributed by atoms with E-state index in [4.69, 9.17) is 9.47 Å². The van der Waals surface area contributed by atoms with Crippen LogP contribution in [0, 0.1) is 11.3 Å². The second kappa shape index (κ2) is 5.65. The number of carbonyl (C=O) groups is 1. The summed E-state index contributed by atoms with van der Waals surface area (Å²) >= 11 is 0. The zero-order valence-corrected chi connectivity index (χ0v) is 14.8. The Labute approximate surface area is 144 Å². The highest BCUT2D eigenvalue weighted by atomic mass is 16.5. The summed E-state index contributed by atoms with van der Waals surface area (Å²) in [5, 5.41) is 0. The van der Waals surface area contributed by atoms with Crippen molar-refractivity contribution in [2.75, 3.05) is 7.11 Å². The van der Waals surface area contributed by atoms with Crippen LogP contribution in [0.3, 0.4) is 0 Å². The maximum atomic E-state index is 11.5. The van der Waals surface area contributed by atoms with Gasteiger partial charge in [-0.05, 0) is 60.8 Å². The van der Waals surface area contributed by atoms with E-state index in [1.807, 2.05) is 0 Å². The number of ether oxygens (including phenoxy) is 2. The Morgan fingerprint density at radius 2 is 2.08 bits per heavy atom. The number of hydrogen-bond donors (Lipinski definition) is 0. The van der Waals surface area contributed by atoms with E-state index in [9.17, 15) is 4.79 Å². The Morgan fingerprint density at radius 1 is 1.25 bits per heavy atom. The first-order valence-corrected chi connectivity index (χ1v) is 9.07. The van der Waals surface area contributed by atoms with Gasteiger partial charge in [0.15, 0.2) is 0 Å². The van der Waals surface area contributed by atoms with Gasteiger partial charge in [0.05, 0.1) is 7.11 Å². The maximum absolute atomic E-state index is 11.5. The summed E-state index contributed by atoms with van der Waals surface area (Å²) in [5.41, 5.74) is 4.54. The number of benzene rings is 1. The summed E-state index contributed by atoms with van der Waals surface area (Å²) < 4.78 is 11.0. The molecule has 1 saturated carbocycles. The molecular weight excluding hydrogens is 300 g/mol. The highest BCUT2D eigenvalue weighted by molar-refractivity contribution is 5.66. The molecule has 3 aliphatic rings. The summed E-state index contributed by atoms with van der Waals surface area (Å²) in [4.78, 5) is 11.5. The fraction of sp³-hybridized carbons (Fsp3) is 0.571. The van der Waals surface area contributed by atoms with E-state index in [2.05, 4.69) is 31.2 Å². The minimum atomic E-state index is -0.154. The van der Waals surface area contributed by atoms with Gasteiger partial charge in [0, 0.05) is 18.8 Å². The average molecular weight is 326 g/mol. The highest BCUT2D eigenvalue weighted by Crippen LogP contribution is 2.59. The van der Waals surface area contributed by atoms with Crippen LogP contribution in [-0.4, -0.2) is 19.2 Å². The van der Waals surface area contributed by atoms with Crippen molar-refractivity contribution < 1.29 is 14.3 Å². The van der Waals surface area contributed by atoms with Crippen molar-refractivity contribution in [1.82, 2.24) is 0 Å². The molecule has 0 aliphatic heterocycles. The van der Waals surface area contributed by atoms with Gasteiger partial charge >= 0.3 is 5.97 Å². The molecule has 1 aromatic carbocycles. The van der Waals surface area contributed by atoms with Crippen molar-refractivity contribution in [2.24, 2.45) is 11.3 Å². The van der Waals surface area contributed by atoms with Crippen LogP contribution in [0.1, 0.15) is 56.6 Å². The second-order valence-electron chi connectivity index (χ2n) is 7.77. The van der Waals surface area contributed by atoms with Gasteiger partial charge in [-0.1, -0.05) is 24.6 Å². The SMILES string of the molecule is COc1ccc2c(c1)CC[C@H]1C3=CC[C@H](OC(C)=O)[C@@]3(C)CC[C@H]21. The van der Waals surface area contributed by atoms with Crippen LogP contribution in [0.15, 0.2) is 29.8 Å². The minimum absolute atomic E-state index is 0.0308. The fourth-order valence-corrected chi connectivity index (χ4v) is 5.37. The molecule has 0 saturated heterocycles. The minimum Gasteiger partial charge on any atom is -0.497 e. The van der Waals surface area contributed by atoms with Crippen molar-refractivity contribution in [1.29, 1.82) is 0 Å². The molecule has 4 atom stereocenters. The number of methoxy groups -OCH3 is 1. The van der Waals surface area contributed by atoms with Crippen molar-refractivity contribution in [3.63, 3.8) is 0 Å². The summed E-state index contributed by atoms with van der Waals surface area (Å²) in [6, 6.07) is 6.58. The number of hydrogen-bond acceptors (Lipinski definition) is 3. The summed E-state index contributed by atoms with van der Waals surface area (Å²) in [5.74, 6) is 2.02. The lowest BCUT2D eigenvalue weighted by atomic mass is 9.58. The summed E-state index contributed by atoms with van der Waals surface area (Å²) in [6.45, 7) is 3.83. The lowest BCUT2D eigenvalue weighted by Gasteiger charge is -2.48. The Kier molecular flexibility index (Phi) is 3.70. The van der Waals surface area contributed by atoms with Gasteiger partial charge in [-0.25, -0.2) is 0 Å². The van der Waals surface area contributed by atoms with Gasteiger partial charge in [-0.15, -0.1) is 0 Å². The van der Waals surface area contributed by atoms with Crippen molar-refractivity contribution >= 4 is 5.97 Å². The molecule has 3 nitrogen and oxygen atoms in total. The molecule has 128 valence electrons. The predicted octanol–water partition coefficient (Wildman–Crippen LogP) is 4.40. The third kappa shape index (κ3) is 2.28. The van der Waals surface area contributed by atoms with Crippen LogP contribution < -0.4 is 4.74 Å². The fourth-order valence-electron chi connectivity index (χ4n) is 5.37. The van der Waals surface area contributed by atoms with Crippen LogP contribution in [0.4, 0.5) is 0 Å². The van der Waals surface area contributed by atoms with E-state index >= 15 is 0 Å². The molecule has 0 N–H and O–H groups in total. The number of fused-ring (bicyclic) bond motifs is 5. The van der Waals surface area contributed by atoms with Crippen LogP contribution in [0.2, 0.25) is 0 Å². The lowest BCUT2D eigenvalue weighted by Crippen LogP contribution is -2.41. The van der Waals surface area contributed by atoms with Gasteiger partial charge in [-0.2, -0.15) is 0 Å². The molecule has 0 radical (unpaired) electrons. The smallest absolute Gasteiger partial charge is 0.302 e. The molecule has 0 aromatic heterocycles. The number of carbonyl (C=O) groups excluding carboxylic acids is 1. The summed E-state index contributed by atoms with van der Waals surface area (Å²) in [6.07, 6.45) is 7.86. The van der Waals surface area contributed by atoms with E-state index < -0.39 is 0 Å². The normalized spacial score (nSPS) is 33.8. The van der Waals surface area contributed by atoms with Gasteiger partial charge in [0.2, 0.25) is 0 Å². The standard InChI is InChI=1S/C21H26O3/c1-13(22)24-20-9-8-19-18-6-4-14-12-15(23-3)5-7-16(14)17(18)10-11-21(19,20)2/h5,7-8,12,17-18,20H,4,6,9-11H2,1-3H3/t17-,18-,20+,21+/m1/s1. The first kappa shape index (κ1) is 15.7. The highest BCUT2D eigenvalue weighted by Gasteiger charge is 2.51. The van der Waals surface area contributed by atoms with E-state index in [1.54, 1.807) is 12.7 Å². The molecule has 1 fully saturated rings. The predicted molar refractivity (Wildman–Crippen MR) is 93.1 cm³/mol. The molecule has 0 amide bonds. The largest absolute Gasteiger partial charge is 0.497 e. The van der Waals surface area contributed by atoms with Crippen LogP contribution in [-0.2, 0) is 16.0 Å². The first-order chi connectivity index (χ1) is 11.5. The lowest BCUT2D eigenvalue weighted by molar-refractivity contribution is -0.151. The Bertz CT molecular complexity index is 705. The van der Waals surface area contributed by atoms with Crippen LogP contribution in [0.5, 0.6) is 5.75 Å². The number of rotatable bonds is 2. The van der Waals surface area contributed by atoms with E-state index in [0.717, 1.165) is 25.0 Å². The van der Waals surface area contributed by atoms with Gasteiger partial charge in [-0.3, -0.25) is 4.79 Å². The molecule has 24 heavy (non-hydrogen) atoms. The molecule has 0 heterocycles. The average Bonchev–Trinajstić information content (AvgIpc) is 2.90. The number of esters is 1. The maximum Gasteiger partial charge on any atom is 0.302 e. The molecule has 0 unspecified atom stereocenters. The first-order valence-electron chi connectivity index (χ1n) is 9.07. The third-order valence-corrected chi connectivity index (χ3v) is 6.56. The Hall–Kier alpha value is -1.77. The number of aryl methyl sites for hydroxylation is 1. The molecular formula is C21H26O3. The molecule has 4 rings (SSSR count). The topological polar surface area (TPSA) is 35.5 Å². The molecule has 0 spiro atoms. The second-order valence-corrected chi connectivity index (χ2v) is 7.77.